The van der Waals surface area contributed by atoms with Gasteiger partial charge >= 0.3 is 6.01 Å². The number of para-hydroxylation sites is 2. The lowest BCUT2D eigenvalue weighted by molar-refractivity contribution is -0.125. The highest BCUT2D eigenvalue weighted by Crippen LogP contribution is 2.31. The maximum absolute atomic E-state index is 12.3. The Morgan fingerprint density at radius 3 is 2.55 bits per heavy atom. The van der Waals surface area contributed by atoms with Gasteiger partial charge in [0.15, 0.2) is 21.3 Å². The van der Waals surface area contributed by atoms with Crippen molar-refractivity contribution >= 4 is 21.8 Å². The Hall–Kier alpha value is -3.40. The van der Waals surface area contributed by atoms with Crippen LogP contribution in [0.2, 0.25) is 0 Å². The van der Waals surface area contributed by atoms with E-state index in [1.54, 1.807) is 42.5 Å². The minimum absolute atomic E-state index is 0.0243. The van der Waals surface area contributed by atoms with Gasteiger partial charge in [-0.15, -0.1) is 5.10 Å². The predicted molar refractivity (Wildman–Crippen MR) is 101 cm³/mol. The van der Waals surface area contributed by atoms with Crippen molar-refractivity contribution in [2.45, 2.75) is 17.4 Å². The summed E-state index contributed by atoms with van der Waals surface area (Å²) in [5.74, 6) is 0.438. The zero-order chi connectivity index (χ0) is 20.3. The van der Waals surface area contributed by atoms with E-state index in [9.17, 15) is 13.2 Å². The van der Waals surface area contributed by atoms with E-state index in [-0.39, 0.29) is 35.6 Å². The number of aryl methyl sites for hydroxylation is 1. The van der Waals surface area contributed by atoms with Gasteiger partial charge in [-0.25, -0.2) is 8.42 Å². The number of rotatable bonds is 6. The van der Waals surface area contributed by atoms with Crippen molar-refractivity contribution in [3.05, 3.63) is 60.5 Å². The average Bonchev–Trinajstić information content (AvgIpc) is 3.20. The van der Waals surface area contributed by atoms with Crippen molar-refractivity contribution in [3.63, 3.8) is 0 Å². The molecule has 1 aromatic heterocycles. The SMILES string of the molecule is O=C(Nc1nnc(CCS(=O)(=O)c2ccccc2)o1)[C@@H]1COc2ccccc2O1. The molecule has 0 saturated heterocycles. The van der Waals surface area contributed by atoms with E-state index >= 15 is 0 Å². The summed E-state index contributed by atoms with van der Waals surface area (Å²) < 4.78 is 41.1. The fourth-order valence-electron chi connectivity index (χ4n) is 2.71. The molecule has 0 fully saturated rings. The van der Waals surface area contributed by atoms with Crippen LogP contribution < -0.4 is 14.8 Å². The molecule has 0 radical (unpaired) electrons. The first-order chi connectivity index (χ1) is 14.0. The van der Waals surface area contributed by atoms with Crippen LogP contribution in [0.4, 0.5) is 6.01 Å². The number of sulfone groups is 1. The zero-order valence-electron chi connectivity index (χ0n) is 15.1. The van der Waals surface area contributed by atoms with Crippen LogP contribution in [0, 0.1) is 0 Å². The molecular formula is C19H17N3O6S. The number of ether oxygens (including phenoxy) is 2. The van der Waals surface area contributed by atoms with E-state index in [1.165, 1.54) is 12.1 Å². The number of fused-ring (bicyclic) bond motifs is 1. The lowest BCUT2D eigenvalue weighted by atomic mass is 10.2. The van der Waals surface area contributed by atoms with Gasteiger partial charge in [0, 0.05) is 6.42 Å². The summed E-state index contributed by atoms with van der Waals surface area (Å²) in [5.41, 5.74) is 0. The minimum atomic E-state index is -3.47. The number of hydrogen-bond acceptors (Lipinski definition) is 8. The molecule has 29 heavy (non-hydrogen) atoms. The van der Waals surface area contributed by atoms with Crippen molar-refractivity contribution in [2.24, 2.45) is 0 Å². The largest absolute Gasteiger partial charge is 0.485 e. The van der Waals surface area contributed by atoms with Crippen LogP contribution in [0.5, 0.6) is 11.5 Å². The molecule has 3 aromatic rings. The van der Waals surface area contributed by atoms with Gasteiger partial charge in [-0.3, -0.25) is 10.1 Å². The lowest BCUT2D eigenvalue weighted by Gasteiger charge is -2.24. The first kappa shape index (κ1) is 18.9. The number of amides is 1. The molecule has 10 heteroatoms. The summed E-state index contributed by atoms with van der Waals surface area (Å²) in [5, 5.41) is 9.97. The van der Waals surface area contributed by atoms with Crippen LogP contribution in [0.1, 0.15) is 5.89 Å². The minimum Gasteiger partial charge on any atom is -0.485 e. The third kappa shape index (κ3) is 4.37. The second kappa shape index (κ2) is 7.92. The van der Waals surface area contributed by atoms with Gasteiger partial charge in [0.05, 0.1) is 10.6 Å². The number of nitrogens with one attached hydrogen (secondary N) is 1. The Labute approximate surface area is 166 Å². The van der Waals surface area contributed by atoms with Crippen molar-refractivity contribution in [1.29, 1.82) is 0 Å². The second-order valence-electron chi connectivity index (χ2n) is 6.24. The monoisotopic (exact) mass is 415 g/mol. The van der Waals surface area contributed by atoms with Gasteiger partial charge in [0.25, 0.3) is 5.91 Å². The molecule has 0 unspecified atom stereocenters. The molecule has 150 valence electrons. The average molecular weight is 415 g/mol. The van der Waals surface area contributed by atoms with Crippen LogP contribution in [0.3, 0.4) is 0 Å². The van der Waals surface area contributed by atoms with Gasteiger partial charge in [0.2, 0.25) is 12.0 Å². The molecule has 0 spiro atoms. The zero-order valence-corrected chi connectivity index (χ0v) is 16.0. The van der Waals surface area contributed by atoms with E-state index in [1.807, 2.05) is 0 Å². The Kier molecular flexibility index (Phi) is 5.17. The highest BCUT2D eigenvalue weighted by atomic mass is 32.2. The topological polar surface area (TPSA) is 121 Å². The number of anilines is 1. The third-order valence-corrected chi connectivity index (χ3v) is 5.92. The summed E-state index contributed by atoms with van der Waals surface area (Å²) in [4.78, 5) is 12.6. The van der Waals surface area contributed by atoms with Crippen LogP contribution in [0.15, 0.2) is 63.9 Å². The molecule has 2 heterocycles. The summed E-state index contributed by atoms with van der Waals surface area (Å²) in [6.45, 7) is 0.0408. The van der Waals surface area contributed by atoms with Gasteiger partial charge < -0.3 is 13.9 Å². The number of aromatic nitrogens is 2. The van der Waals surface area contributed by atoms with Gasteiger partial charge in [-0.2, -0.15) is 0 Å². The van der Waals surface area contributed by atoms with E-state index in [2.05, 4.69) is 15.5 Å². The number of benzene rings is 2. The highest BCUT2D eigenvalue weighted by molar-refractivity contribution is 7.91. The van der Waals surface area contributed by atoms with Gasteiger partial charge in [0.1, 0.15) is 6.61 Å². The summed E-state index contributed by atoms with van der Waals surface area (Å²) in [7, 11) is -3.47. The van der Waals surface area contributed by atoms with Crippen molar-refractivity contribution in [2.75, 3.05) is 17.7 Å². The van der Waals surface area contributed by atoms with Crippen molar-refractivity contribution in [1.82, 2.24) is 10.2 Å². The van der Waals surface area contributed by atoms with Crippen LogP contribution >= 0.6 is 0 Å². The summed E-state index contributed by atoms with van der Waals surface area (Å²) in [6.07, 6.45) is -0.852. The molecule has 1 N–H and O–H groups in total. The number of carbonyl (C=O) groups excluding carboxylic acids is 1. The number of nitrogens with zero attached hydrogens (tertiary/aromatic N) is 2. The normalized spacial score (nSPS) is 15.7. The van der Waals surface area contributed by atoms with Gasteiger partial charge in [-0.05, 0) is 24.3 Å². The van der Waals surface area contributed by atoms with Crippen LogP contribution in [-0.4, -0.2) is 43.0 Å². The van der Waals surface area contributed by atoms with E-state index < -0.39 is 21.8 Å². The maximum atomic E-state index is 12.3. The molecule has 9 nitrogen and oxygen atoms in total. The van der Waals surface area contributed by atoms with Gasteiger partial charge in [-0.1, -0.05) is 35.4 Å². The number of carbonyl (C=O) groups is 1. The standard InChI is InChI=1S/C19H17N3O6S/c23-18(16-12-26-14-8-4-5-9-15(14)27-16)20-19-22-21-17(28-19)10-11-29(24,25)13-6-2-1-3-7-13/h1-9,16H,10-12H2,(H,20,22,23)/t16-/m0/s1. The second-order valence-corrected chi connectivity index (χ2v) is 8.35. The Morgan fingerprint density at radius 2 is 1.76 bits per heavy atom. The molecular weight excluding hydrogens is 398 g/mol. The molecule has 1 aliphatic heterocycles. The summed E-state index contributed by atoms with van der Waals surface area (Å²) in [6, 6.07) is 15.0. The highest BCUT2D eigenvalue weighted by Gasteiger charge is 2.28. The first-order valence-electron chi connectivity index (χ1n) is 8.81. The smallest absolute Gasteiger partial charge is 0.322 e. The van der Waals surface area contributed by atoms with Crippen molar-refractivity contribution in [3.8, 4) is 11.5 Å². The Balaban J connectivity index is 1.34. The van der Waals surface area contributed by atoms with E-state index in [4.69, 9.17) is 13.9 Å². The number of hydrogen-bond donors (Lipinski definition) is 1. The maximum Gasteiger partial charge on any atom is 0.322 e. The summed E-state index contributed by atoms with van der Waals surface area (Å²) >= 11 is 0. The molecule has 0 aliphatic carbocycles. The lowest BCUT2D eigenvalue weighted by Crippen LogP contribution is -2.40. The Bertz CT molecular complexity index is 1110. The third-order valence-electron chi connectivity index (χ3n) is 4.18. The molecule has 0 bridgehead atoms. The Morgan fingerprint density at radius 1 is 1.03 bits per heavy atom. The fourth-order valence-corrected chi connectivity index (χ4v) is 3.96. The fraction of sp³-hybridized carbons (Fsp3) is 0.211. The van der Waals surface area contributed by atoms with E-state index in [0.29, 0.717) is 11.5 Å². The van der Waals surface area contributed by atoms with Crippen molar-refractivity contribution < 1.29 is 27.1 Å². The molecule has 0 saturated carbocycles. The molecule has 1 aliphatic rings. The van der Waals surface area contributed by atoms with Crippen LogP contribution in [0.25, 0.3) is 0 Å². The molecule has 2 aromatic carbocycles. The quantitative estimate of drug-likeness (QED) is 0.648. The predicted octanol–water partition coefficient (Wildman–Crippen LogP) is 1.86. The molecule has 1 amide bonds. The molecule has 4 rings (SSSR count). The van der Waals surface area contributed by atoms with E-state index in [0.717, 1.165) is 0 Å². The first-order valence-corrected chi connectivity index (χ1v) is 10.5. The van der Waals surface area contributed by atoms with Crippen LogP contribution in [-0.2, 0) is 21.1 Å². The molecule has 1 atom stereocenters.